The zero-order valence-electron chi connectivity index (χ0n) is 20.1. The number of hydrogen-bond acceptors (Lipinski definition) is 3. The van der Waals surface area contributed by atoms with Crippen molar-refractivity contribution in [2.45, 2.75) is 40.5 Å². The van der Waals surface area contributed by atoms with Crippen LogP contribution in [0.25, 0.3) is 17.1 Å². The highest BCUT2D eigenvalue weighted by molar-refractivity contribution is 6.08. The molecular weight excluding hydrogens is 422 g/mol. The molecule has 0 saturated heterocycles. The van der Waals surface area contributed by atoms with Gasteiger partial charge in [-0.3, -0.25) is 14.6 Å². The van der Waals surface area contributed by atoms with Crippen molar-refractivity contribution in [2.24, 2.45) is 0 Å². The molecule has 2 heterocycles. The molecule has 0 aliphatic carbocycles. The van der Waals surface area contributed by atoms with E-state index in [0.717, 1.165) is 46.6 Å². The van der Waals surface area contributed by atoms with Crippen LogP contribution in [0.15, 0.2) is 77.7 Å². The molecule has 0 bridgehead atoms. The molecule has 4 aromatic rings. The van der Waals surface area contributed by atoms with Gasteiger partial charge in [-0.25, -0.2) is 0 Å². The Morgan fingerprint density at radius 3 is 2.21 bits per heavy atom. The number of nitrogens with zero attached hydrogens (tertiary/aromatic N) is 2. The van der Waals surface area contributed by atoms with Crippen molar-refractivity contribution in [2.75, 3.05) is 5.32 Å². The Kier molecular flexibility index (Phi) is 6.73. The lowest BCUT2D eigenvalue weighted by molar-refractivity contribution is 0.102. The summed E-state index contributed by atoms with van der Waals surface area (Å²) in [5.74, 6) is -0.427. The number of pyridine rings is 2. The number of carbonyl (C=O) groups excluding carboxylic acids is 1. The van der Waals surface area contributed by atoms with Gasteiger partial charge in [-0.15, -0.1) is 0 Å². The molecule has 5 nitrogen and oxygen atoms in total. The van der Waals surface area contributed by atoms with Crippen molar-refractivity contribution in [3.63, 3.8) is 0 Å². The van der Waals surface area contributed by atoms with Gasteiger partial charge in [0.15, 0.2) is 5.43 Å². The van der Waals surface area contributed by atoms with Crippen LogP contribution in [-0.2, 0) is 12.8 Å². The topological polar surface area (TPSA) is 64.0 Å². The summed E-state index contributed by atoms with van der Waals surface area (Å²) in [5.41, 5.74) is 6.34. The number of aromatic nitrogens is 2. The van der Waals surface area contributed by atoms with Gasteiger partial charge < -0.3 is 9.88 Å². The first-order valence-electron chi connectivity index (χ1n) is 11.6. The fourth-order valence-corrected chi connectivity index (χ4v) is 4.40. The Labute approximate surface area is 200 Å². The number of para-hydroxylation sites is 2. The van der Waals surface area contributed by atoms with E-state index in [1.807, 2.05) is 79.1 Å². The van der Waals surface area contributed by atoms with E-state index in [2.05, 4.69) is 24.1 Å². The number of carbonyl (C=O) groups is 1. The SMILES string of the molecule is CCc1cccc(CC)c1NC(=O)c1c(-c2ccccn2)n(-c2ccccc2C)c(C)cc1=O. The minimum absolute atomic E-state index is 0.0838. The molecular formula is C29H29N3O2. The van der Waals surface area contributed by atoms with Gasteiger partial charge >= 0.3 is 0 Å². The zero-order chi connectivity index (χ0) is 24.2. The second-order valence-corrected chi connectivity index (χ2v) is 8.32. The highest BCUT2D eigenvalue weighted by Crippen LogP contribution is 2.29. The van der Waals surface area contributed by atoms with Crippen LogP contribution in [0.1, 0.15) is 46.6 Å². The smallest absolute Gasteiger partial charge is 0.261 e. The quantitative estimate of drug-likeness (QED) is 0.397. The molecule has 172 valence electrons. The molecule has 5 heteroatoms. The molecule has 0 aliphatic rings. The van der Waals surface area contributed by atoms with Crippen LogP contribution in [0.2, 0.25) is 0 Å². The summed E-state index contributed by atoms with van der Waals surface area (Å²) >= 11 is 0. The van der Waals surface area contributed by atoms with Crippen molar-refractivity contribution in [1.29, 1.82) is 0 Å². The molecule has 0 saturated carbocycles. The standard InChI is InChI=1S/C29H29N3O2/c1-5-21-13-11-14-22(6-2)27(21)31-29(34)26-25(33)18-20(4)32(24-16-8-7-12-19(24)3)28(26)23-15-9-10-17-30-23/h7-18H,5-6H2,1-4H3,(H,31,34). The number of benzene rings is 2. The number of aryl methyl sites for hydroxylation is 4. The van der Waals surface area contributed by atoms with E-state index in [1.165, 1.54) is 6.07 Å². The average Bonchev–Trinajstić information content (AvgIpc) is 2.85. The Bertz CT molecular complexity index is 1380. The van der Waals surface area contributed by atoms with Crippen molar-refractivity contribution in [3.8, 4) is 17.1 Å². The third-order valence-corrected chi connectivity index (χ3v) is 6.13. The first-order chi connectivity index (χ1) is 16.5. The molecule has 4 rings (SSSR count). The van der Waals surface area contributed by atoms with Crippen molar-refractivity contribution < 1.29 is 4.79 Å². The van der Waals surface area contributed by atoms with E-state index in [-0.39, 0.29) is 11.0 Å². The predicted molar refractivity (Wildman–Crippen MR) is 138 cm³/mol. The third-order valence-electron chi connectivity index (χ3n) is 6.13. The summed E-state index contributed by atoms with van der Waals surface area (Å²) in [6, 6.07) is 21.0. The van der Waals surface area contributed by atoms with E-state index >= 15 is 0 Å². The minimum atomic E-state index is -0.427. The molecule has 2 aromatic heterocycles. The number of rotatable bonds is 6. The van der Waals surface area contributed by atoms with Crippen molar-refractivity contribution >= 4 is 11.6 Å². The molecule has 0 atom stereocenters. The molecule has 1 amide bonds. The highest BCUT2D eigenvalue weighted by atomic mass is 16.2. The Morgan fingerprint density at radius 1 is 0.912 bits per heavy atom. The lowest BCUT2D eigenvalue weighted by atomic mass is 10.0. The van der Waals surface area contributed by atoms with E-state index in [9.17, 15) is 9.59 Å². The molecule has 1 N–H and O–H groups in total. The van der Waals surface area contributed by atoms with Gasteiger partial charge in [-0.1, -0.05) is 56.3 Å². The van der Waals surface area contributed by atoms with Crippen LogP contribution in [0, 0.1) is 13.8 Å². The summed E-state index contributed by atoms with van der Waals surface area (Å²) in [7, 11) is 0. The zero-order valence-corrected chi connectivity index (χ0v) is 20.1. The lowest BCUT2D eigenvalue weighted by Gasteiger charge is -2.22. The van der Waals surface area contributed by atoms with Crippen molar-refractivity contribution in [3.05, 3.63) is 111 Å². The van der Waals surface area contributed by atoms with Gasteiger partial charge in [0.2, 0.25) is 0 Å². The average molecular weight is 452 g/mol. The molecule has 2 aromatic carbocycles. The van der Waals surface area contributed by atoms with E-state index in [1.54, 1.807) is 6.20 Å². The van der Waals surface area contributed by atoms with Crippen LogP contribution in [0.3, 0.4) is 0 Å². The van der Waals surface area contributed by atoms with Crippen LogP contribution in [0.5, 0.6) is 0 Å². The first kappa shape index (κ1) is 23.2. The summed E-state index contributed by atoms with van der Waals surface area (Å²) in [6.45, 7) is 8.00. The van der Waals surface area contributed by atoms with Gasteiger partial charge in [0.05, 0.1) is 11.4 Å². The van der Waals surface area contributed by atoms with Gasteiger partial charge in [0.25, 0.3) is 5.91 Å². The first-order valence-corrected chi connectivity index (χ1v) is 11.6. The molecule has 0 radical (unpaired) electrons. The summed E-state index contributed by atoms with van der Waals surface area (Å²) in [6.07, 6.45) is 3.23. The largest absolute Gasteiger partial charge is 0.321 e. The Hall–Kier alpha value is -3.99. The minimum Gasteiger partial charge on any atom is -0.321 e. The van der Waals surface area contributed by atoms with Gasteiger partial charge in [-0.2, -0.15) is 0 Å². The molecule has 0 unspecified atom stereocenters. The monoisotopic (exact) mass is 451 g/mol. The predicted octanol–water partition coefficient (Wildman–Crippen LogP) is 5.89. The highest BCUT2D eigenvalue weighted by Gasteiger charge is 2.25. The van der Waals surface area contributed by atoms with E-state index < -0.39 is 5.91 Å². The van der Waals surface area contributed by atoms with Crippen LogP contribution < -0.4 is 10.7 Å². The molecule has 0 spiro atoms. The normalized spacial score (nSPS) is 10.8. The lowest BCUT2D eigenvalue weighted by Crippen LogP contribution is -2.27. The van der Waals surface area contributed by atoms with Crippen LogP contribution >= 0.6 is 0 Å². The maximum absolute atomic E-state index is 13.8. The maximum Gasteiger partial charge on any atom is 0.261 e. The number of anilines is 1. The van der Waals surface area contributed by atoms with E-state index in [0.29, 0.717) is 11.4 Å². The van der Waals surface area contributed by atoms with Gasteiger partial charge in [-0.05, 0) is 61.6 Å². The molecule has 0 fully saturated rings. The van der Waals surface area contributed by atoms with Crippen LogP contribution in [-0.4, -0.2) is 15.5 Å². The molecule has 0 aliphatic heterocycles. The third kappa shape index (κ3) is 4.29. The second-order valence-electron chi connectivity index (χ2n) is 8.32. The summed E-state index contributed by atoms with van der Waals surface area (Å²) in [5, 5.41) is 3.08. The summed E-state index contributed by atoms with van der Waals surface area (Å²) in [4.78, 5) is 31.7. The fraction of sp³-hybridized carbons (Fsp3) is 0.207. The number of hydrogen-bond donors (Lipinski definition) is 1. The Morgan fingerprint density at radius 2 is 1.59 bits per heavy atom. The van der Waals surface area contributed by atoms with Gasteiger partial charge in [0, 0.05) is 29.3 Å². The van der Waals surface area contributed by atoms with Crippen LogP contribution in [0.4, 0.5) is 5.69 Å². The maximum atomic E-state index is 13.8. The van der Waals surface area contributed by atoms with Gasteiger partial charge in [0.1, 0.15) is 5.56 Å². The van der Waals surface area contributed by atoms with Crippen molar-refractivity contribution in [1.82, 2.24) is 9.55 Å². The summed E-state index contributed by atoms with van der Waals surface area (Å²) < 4.78 is 1.96. The number of nitrogens with one attached hydrogen (secondary N) is 1. The second kappa shape index (κ2) is 9.87. The fourth-order valence-electron chi connectivity index (χ4n) is 4.40. The number of amides is 1. The Balaban J connectivity index is 1.99. The van der Waals surface area contributed by atoms with E-state index in [4.69, 9.17) is 0 Å². The molecule has 34 heavy (non-hydrogen) atoms.